The van der Waals surface area contributed by atoms with Crippen LogP contribution in [0.4, 0.5) is 0 Å². The molecule has 1 fully saturated rings. The van der Waals surface area contributed by atoms with Gasteiger partial charge in [0.25, 0.3) is 6.47 Å². The molecule has 1 rings (SSSR count). The third kappa shape index (κ3) is 4.21. The van der Waals surface area contributed by atoms with E-state index in [-0.39, 0.29) is 6.61 Å². The second-order valence-electron chi connectivity index (χ2n) is 3.21. The molecule has 5 heteroatoms. The zero-order chi connectivity index (χ0) is 9.68. The third-order valence-electron chi connectivity index (χ3n) is 1.88. The van der Waals surface area contributed by atoms with E-state index >= 15 is 0 Å². The second-order valence-corrected chi connectivity index (χ2v) is 3.21. The zero-order valence-corrected chi connectivity index (χ0v) is 7.68. The minimum Gasteiger partial charge on any atom is -0.461 e. The van der Waals surface area contributed by atoms with Gasteiger partial charge in [0, 0.05) is 13.1 Å². The van der Waals surface area contributed by atoms with Crippen molar-refractivity contribution in [2.24, 2.45) is 0 Å². The predicted octanol–water partition coefficient (Wildman–Crippen LogP) is -1.15. The van der Waals surface area contributed by atoms with E-state index in [1.54, 1.807) is 0 Å². The Hall–Kier alpha value is -0.650. The molecule has 13 heavy (non-hydrogen) atoms. The largest absolute Gasteiger partial charge is 0.461 e. The molecule has 1 N–H and O–H groups in total. The molecule has 0 saturated carbocycles. The molecule has 1 aliphatic heterocycles. The highest BCUT2D eigenvalue weighted by Crippen LogP contribution is 2.09. The summed E-state index contributed by atoms with van der Waals surface area (Å²) in [7, 11) is 1.90. The van der Waals surface area contributed by atoms with Gasteiger partial charge in [-0.1, -0.05) is 0 Å². The predicted molar refractivity (Wildman–Crippen MR) is 45.3 cm³/mol. The first-order valence-electron chi connectivity index (χ1n) is 4.26. The standard InChI is InChI=1S/C8H15NO4/c1-9(3-8-5-12-8)2-7(4-10)13-6-11/h6-8,10H,2-5H2,1H3. The molecule has 2 unspecified atom stereocenters. The molecule has 2 atom stereocenters. The van der Waals surface area contributed by atoms with E-state index < -0.39 is 6.10 Å². The lowest BCUT2D eigenvalue weighted by molar-refractivity contribution is -0.136. The van der Waals surface area contributed by atoms with Crippen LogP contribution in [0.1, 0.15) is 0 Å². The molecule has 0 amide bonds. The minimum atomic E-state index is -0.429. The van der Waals surface area contributed by atoms with Crippen LogP contribution in [0.15, 0.2) is 0 Å². The highest BCUT2D eigenvalue weighted by molar-refractivity contribution is 5.37. The molecule has 1 saturated heterocycles. The Morgan fingerprint density at radius 1 is 1.85 bits per heavy atom. The van der Waals surface area contributed by atoms with E-state index in [0.29, 0.717) is 19.1 Å². The van der Waals surface area contributed by atoms with Gasteiger partial charge in [-0.05, 0) is 7.05 Å². The molecular formula is C8H15NO4. The van der Waals surface area contributed by atoms with Gasteiger partial charge in [-0.15, -0.1) is 0 Å². The average Bonchev–Trinajstić information content (AvgIpc) is 2.87. The number of aliphatic hydroxyl groups excluding tert-OH is 1. The van der Waals surface area contributed by atoms with Crippen molar-refractivity contribution in [1.82, 2.24) is 4.90 Å². The number of epoxide rings is 1. The van der Waals surface area contributed by atoms with Gasteiger partial charge in [0.1, 0.15) is 6.10 Å². The molecule has 0 aromatic carbocycles. The fourth-order valence-corrected chi connectivity index (χ4v) is 1.17. The number of hydrogen-bond donors (Lipinski definition) is 1. The van der Waals surface area contributed by atoms with Crippen LogP contribution in [-0.2, 0) is 14.3 Å². The van der Waals surface area contributed by atoms with Crippen molar-refractivity contribution < 1.29 is 19.4 Å². The summed E-state index contributed by atoms with van der Waals surface area (Å²) in [5, 5.41) is 8.81. The van der Waals surface area contributed by atoms with Crippen LogP contribution in [-0.4, -0.2) is 62.0 Å². The number of hydrogen-bond acceptors (Lipinski definition) is 5. The monoisotopic (exact) mass is 189 g/mol. The highest BCUT2D eigenvalue weighted by atomic mass is 16.6. The third-order valence-corrected chi connectivity index (χ3v) is 1.88. The van der Waals surface area contributed by atoms with Gasteiger partial charge in [-0.25, -0.2) is 0 Å². The molecule has 0 bridgehead atoms. The van der Waals surface area contributed by atoms with E-state index in [2.05, 4.69) is 4.74 Å². The molecule has 0 aromatic rings. The van der Waals surface area contributed by atoms with Crippen molar-refractivity contribution >= 4 is 6.47 Å². The Balaban J connectivity index is 2.14. The van der Waals surface area contributed by atoms with Crippen molar-refractivity contribution in [2.45, 2.75) is 12.2 Å². The summed E-state index contributed by atoms with van der Waals surface area (Å²) in [5.74, 6) is 0. The minimum absolute atomic E-state index is 0.144. The van der Waals surface area contributed by atoms with Gasteiger partial charge < -0.3 is 14.6 Å². The lowest BCUT2D eigenvalue weighted by Crippen LogP contribution is -2.35. The van der Waals surface area contributed by atoms with Crippen molar-refractivity contribution in [3.8, 4) is 0 Å². The summed E-state index contributed by atoms with van der Waals surface area (Å²) >= 11 is 0. The molecular weight excluding hydrogens is 174 g/mol. The van der Waals surface area contributed by atoms with E-state index in [9.17, 15) is 4.79 Å². The van der Waals surface area contributed by atoms with Crippen molar-refractivity contribution in [3.63, 3.8) is 0 Å². The van der Waals surface area contributed by atoms with Crippen LogP contribution in [0, 0.1) is 0 Å². The summed E-state index contributed by atoms with van der Waals surface area (Å²) in [6.45, 7) is 2.38. The van der Waals surface area contributed by atoms with Gasteiger partial charge in [0.2, 0.25) is 0 Å². The van der Waals surface area contributed by atoms with Crippen LogP contribution in [0.3, 0.4) is 0 Å². The van der Waals surface area contributed by atoms with Gasteiger partial charge in [-0.2, -0.15) is 0 Å². The van der Waals surface area contributed by atoms with Gasteiger partial charge in [0.15, 0.2) is 0 Å². The van der Waals surface area contributed by atoms with Crippen LogP contribution in [0.5, 0.6) is 0 Å². The highest BCUT2D eigenvalue weighted by Gasteiger charge is 2.25. The average molecular weight is 189 g/mol. The number of carbonyl (C=O) groups is 1. The number of likely N-dealkylation sites (N-methyl/N-ethyl adjacent to an activating group) is 1. The lowest BCUT2D eigenvalue weighted by Gasteiger charge is -2.20. The Bertz CT molecular complexity index is 160. The molecule has 1 heterocycles. The molecule has 0 spiro atoms. The van der Waals surface area contributed by atoms with E-state index in [4.69, 9.17) is 9.84 Å². The summed E-state index contributed by atoms with van der Waals surface area (Å²) in [6, 6.07) is 0. The normalized spacial score (nSPS) is 22.8. The van der Waals surface area contributed by atoms with E-state index in [1.165, 1.54) is 0 Å². The maximum atomic E-state index is 10.0. The first kappa shape index (κ1) is 10.4. The maximum Gasteiger partial charge on any atom is 0.293 e. The van der Waals surface area contributed by atoms with Gasteiger partial charge in [-0.3, -0.25) is 9.69 Å². The summed E-state index contributed by atoms with van der Waals surface area (Å²) in [4.78, 5) is 12.0. The van der Waals surface area contributed by atoms with E-state index in [0.717, 1.165) is 13.2 Å². The van der Waals surface area contributed by atoms with Crippen LogP contribution in [0.25, 0.3) is 0 Å². The molecule has 0 radical (unpaired) electrons. The number of nitrogens with zero attached hydrogens (tertiary/aromatic N) is 1. The quantitative estimate of drug-likeness (QED) is 0.405. The molecule has 1 aliphatic rings. The van der Waals surface area contributed by atoms with Gasteiger partial charge >= 0.3 is 0 Å². The lowest BCUT2D eigenvalue weighted by atomic mass is 10.3. The number of carbonyl (C=O) groups excluding carboxylic acids is 1. The molecule has 76 valence electrons. The smallest absolute Gasteiger partial charge is 0.293 e. The second kappa shape index (κ2) is 5.16. The number of aliphatic hydroxyl groups is 1. The maximum absolute atomic E-state index is 10.0. The summed E-state index contributed by atoms with van der Waals surface area (Å²) in [6.07, 6.45) is -0.109. The molecule has 0 aromatic heterocycles. The van der Waals surface area contributed by atoms with Crippen molar-refractivity contribution in [1.29, 1.82) is 0 Å². The summed E-state index contributed by atoms with van der Waals surface area (Å²) in [5.41, 5.74) is 0. The SMILES string of the molecule is CN(CC(CO)OC=O)CC1CO1. The number of rotatable bonds is 7. The van der Waals surface area contributed by atoms with E-state index in [1.807, 2.05) is 11.9 Å². The topological polar surface area (TPSA) is 62.3 Å². The Labute approximate surface area is 77.2 Å². The van der Waals surface area contributed by atoms with Crippen LogP contribution in [0.2, 0.25) is 0 Å². The Kier molecular flexibility index (Phi) is 4.14. The van der Waals surface area contributed by atoms with Crippen LogP contribution < -0.4 is 0 Å². The first-order chi connectivity index (χ1) is 6.26. The molecule has 0 aliphatic carbocycles. The number of ether oxygens (including phenoxy) is 2. The summed E-state index contributed by atoms with van der Waals surface area (Å²) < 4.78 is 9.69. The van der Waals surface area contributed by atoms with Crippen LogP contribution >= 0.6 is 0 Å². The van der Waals surface area contributed by atoms with Crippen molar-refractivity contribution in [2.75, 3.05) is 33.4 Å². The molecule has 5 nitrogen and oxygen atoms in total. The Morgan fingerprint density at radius 2 is 2.54 bits per heavy atom. The van der Waals surface area contributed by atoms with Gasteiger partial charge in [0.05, 0.1) is 19.3 Å². The fourth-order valence-electron chi connectivity index (χ4n) is 1.17. The first-order valence-corrected chi connectivity index (χ1v) is 4.26. The van der Waals surface area contributed by atoms with Crippen molar-refractivity contribution in [3.05, 3.63) is 0 Å². The Morgan fingerprint density at radius 3 is 3.00 bits per heavy atom. The zero-order valence-electron chi connectivity index (χ0n) is 7.68. The fraction of sp³-hybridized carbons (Fsp3) is 0.875.